The van der Waals surface area contributed by atoms with Gasteiger partial charge in [-0.05, 0) is 13.8 Å². The summed E-state index contributed by atoms with van der Waals surface area (Å²) in [6, 6.07) is 0. The molecule has 3 N–H and O–H groups in total. The molecule has 0 bridgehead atoms. The Morgan fingerprint density at radius 2 is 2.25 bits per heavy atom. The van der Waals surface area contributed by atoms with Gasteiger partial charge in [-0.2, -0.15) is 5.10 Å². The number of carbonyl (C=O) groups excluding carboxylic acids is 1. The number of aryl methyl sites for hydroxylation is 2. The van der Waals surface area contributed by atoms with Crippen molar-refractivity contribution in [1.29, 1.82) is 0 Å². The number of nitrogen functional groups attached to an aromatic ring is 1. The molecule has 2 heterocycles. The quantitative estimate of drug-likeness (QED) is 0.425. The van der Waals surface area contributed by atoms with E-state index in [-0.39, 0.29) is 5.69 Å². The predicted molar refractivity (Wildman–Crippen MR) is 69.9 cm³/mol. The molecule has 2 aromatic rings. The Hall–Kier alpha value is -2.42. The van der Waals surface area contributed by atoms with Crippen molar-refractivity contribution in [3.8, 4) is 5.75 Å². The van der Waals surface area contributed by atoms with Gasteiger partial charge >= 0.3 is 0 Å². The topological polar surface area (TPSA) is 113 Å². The molecule has 0 spiro atoms. The standard InChI is InChI=1S/C11H17N7O2/c1-7-10(8(2)17(3)15-7)20-5-4-18-6-9(14-16-18)11(19)13-12/h6H,4-5,12H2,1-3H3,(H,13,19). The van der Waals surface area contributed by atoms with Crippen LogP contribution in [0.15, 0.2) is 6.20 Å². The highest BCUT2D eigenvalue weighted by Crippen LogP contribution is 2.21. The number of rotatable bonds is 5. The van der Waals surface area contributed by atoms with Gasteiger partial charge in [-0.3, -0.25) is 14.9 Å². The van der Waals surface area contributed by atoms with E-state index in [1.54, 1.807) is 4.68 Å². The minimum absolute atomic E-state index is 0.168. The van der Waals surface area contributed by atoms with Crippen LogP contribution >= 0.6 is 0 Å². The summed E-state index contributed by atoms with van der Waals surface area (Å²) >= 11 is 0. The molecule has 0 aliphatic heterocycles. The summed E-state index contributed by atoms with van der Waals surface area (Å²) in [7, 11) is 1.87. The number of hydrogen-bond donors (Lipinski definition) is 2. The van der Waals surface area contributed by atoms with Crippen molar-refractivity contribution in [3.63, 3.8) is 0 Å². The maximum Gasteiger partial charge on any atom is 0.287 e. The molecule has 20 heavy (non-hydrogen) atoms. The molecule has 0 atom stereocenters. The molecule has 108 valence electrons. The van der Waals surface area contributed by atoms with Gasteiger partial charge in [0.2, 0.25) is 0 Å². The number of amides is 1. The zero-order valence-corrected chi connectivity index (χ0v) is 11.6. The third-order valence-corrected chi connectivity index (χ3v) is 2.91. The van der Waals surface area contributed by atoms with Crippen LogP contribution in [0.25, 0.3) is 0 Å². The molecule has 0 aromatic carbocycles. The number of hydrogen-bond acceptors (Lipinski definition) is 6. The maximum absolute atomic E-state index is 11.2. The molecule has 0 aliphatic rings. The number of nitrogens with two attached hydrogens (primary N) is 1. The fourth-order valence-electron chi connectivity index (χ4n) is 1.79. The summed E-state index contributed by atoms with van der Waals surface area (Å²) < 4.78 is 8.98. The first-order valence-corrected chi connectivity index (χ1v) is 6.07. The minimum atomic E-state index is -0.476. The maximum atomic E-state index is 11.2. The van der Waals surface area contributed by atoms with Crippen molar-refractivity contribution < 1.29 is 9.53 Å². The van der Waals surface area contributed by atoms with Gasteiger partial charge in [0.15, 0.2) is 11.4 Å². The van der Waals surface area contributed by atoms with Crippen molar-refractivity contribution in [1.82, 2.24) is 30.2 Å². The van der Waals surface area contributed by atoms with Crippen LogP contribution in [0.3, 0.4) is 0 Å². The van der Waals surface area contributed by atoms with Crippen LogP contribution < -0.4 is 16.0 Å². The Morgan fingerprint density at radius 1 is 1.50 bits per heavy atom. The molecule has 0 fully saturated rings. The van der Waals surface area contributed by atoms with Gasteiger partial charge in [0, 0.05) is 7.05 Å². The lowest BCUT2D eigenvalue weighted by Crippen LogP contribution is -2.30. The second-order valence-electron chi connectivity index (χ2n) is 4.31. The van der Waals surface area contributed by atoms with E-state index in [4.69, 9.17) is 10.6 Å². The molecule has 2 rings (SSSR count). The van der Waals surface area contributed by atoms with Crippen molar-refractivity contribution >= 4 is 5.91 Å². The second-order valence-corrected chi connectivity index (χ2v) is 4.31. The molecule has 1 amide bonds. The van der Waals surface area contributed by atoms with Crippen LogP contribution in [0.2, 0.25) is 0 Å². The molecular weight excluding hydrogens is 262 g/mol. The molecule has 0 radical (unpaired) electrons. The van der Waals surface area contributed by atoms with Crippen LogP contribution in [0.4, 0.5) is 0 Å². The Bertz CT molecular complexity index is 616. The smallest absolute Gasteiger partial charge is 0.287 e. The fourth-order valence-corrected chi connectivity index (χ4v) is 1.79. The first-order valence-electron chi connectivity index (χ1n) is 6.07. The Labute approximate surface area is 115 Å². The number of ether oxygens (including phenoxy) is 1. The van der Waals surface area contributed by atoms with E-state index in [0.29, 0.717) is 13.2 Å². The highest BCUT2D eigenvalue weighted by molar-refractivity contribution is 5.91. The van der Waals surface area contributed by atoms with Crippen molar-refractivity contribution in [2.24, 2.45) is 12.9 Å². The van der Waals surface area contributed by atoms with Crippen molar-refractivity contribution in [2.75, 3.05) is 6.61 Å². The third kappa shape index (κ3) is 2.77. The van der Waals surface area contributed by atoms with E-state index in [9.17, 15) is 4.79 Å². The highest BCUT2D eigenvalue weighted by Gasteiger charge is 2.11. The van der Waals surface area contributed by atoms with Gasteiger partial charge in [0.05, 0.1) is 18.4 Å². The summed E-state index contributed by atoms with van der Waals surface area (Å²) in [5.41, 5.74) is 3.97. The van der Waals surface area contributed by atoms with E-state index < -0.39 is 5.91 Å². The summed E-state index contributed by atoms with van der Waals surface area (Å²) in [5.74, 6) is 5.31. The van der Waals surface area contributed by atoms with Crippen LogP contribution in [-0.2, 0) is 13.6 Å². The number of nitrogens with one attached hydrogen (secondary N) is 1. The van der Waals surface area contributed by atoms with Gasteiger partial charge in [-0.1, -0.05) is 5.21 Å². The third-order valence-electron chi connectivity index (χ3n) is 2.91. The normalized spacial score (nSPS) is 10.6. The molecule has 0 aliphatic carbocycles. The van der Waals surface area contributed by atoms with E-state index in [1.807, 2.05) is 26.3 Å². The van der Waals surface area contributed by atoms with E-state index in [0.717, 1.165) is 17.1 Å². The SMILES string of the molecule is Cc1nn(C)c(C)c1OCCn1cc(C(=O)NN)nn1. The first-order chi connectivity index (χ1) is 9.52. The average Bonchev–Trinajstić information content (AvgIpc) is 2.98. The van der Waals surface area contributed by atoms with E-state index >= 15 is 0 Å². The average molecular weight is 279 g/mol. The van der Waals surface area contributed by atoms with Gasteiger partial charge in [0.1, 0.15) is 12.3 Å². The monoisotopic (exact) mass is 279 g/mol. The first kappa shape index (κ1) is 14.0. The summed E-state index contributed by atoms with van der Waals surface area (Å²) in [5, 5.41) is 11.8. The number of aromatic nitrogens is 5. The van der Waals surface area contributed by atoms with Gasteiger partial charge in [-0.25, -0.2) is 10.5 Å². The van der Waals surface area contributed by atoms with Crippen LogP contribution in [0.1, 0.15) is 21.9 Å². The lowest BCUT2D eigenvalue weighted by atomic mass is 10.3. The van der Waals surface area contributed by atoms with Crippen LogP contribution in [-0.4, -0.2) is 37.3 Å². The number of hydrazine groups is 1. The molecule has 9 nitrogen and oxygen atoms in total. The highest BCUT2D eigenvalue weighted by atomic mass is 16.5. The summed E-state index contributed by atoms with van der Waals surface area (Å²) in [4.78, 5) is 11.2. The summed E-state index contributed by atoms with van der Waals surface area (Å²) in [6.07, 6.45) is 1.51. The Morgan fingerprint density at radius 3 is 2.85 bits per heavy atom. The van der Waals surface area contributed by atoms with E-state index in [2.05, 4.69) is 15.4 Å². The lowest BCUT2D eigenvalue weighted by molar-refractivity contribution is 0.0948. The fraction of sp³-hybridized carbons (Fsp3) is 0.455. The van der Waals surface area contributed by atoms with Gasteiger partial charge in [-0.15, -0.1) is 5.10 Å². The Kier molecular flexibility index (Phi) is 3.99. The van der Waals surface area contributed by atoms with Crippen molar-refractivity contribution in [2.45, 2.75) is 20.4 Å². The van der Waals surface area contributed by atoms with Crippen LogP contribution in [0.5, 0.6) is 5.75 Å². The molecule has 2 aromatic heterocycles. The molecule has 0 saturated carbocycles. The molecular formula is C11H17N7O2. The van der Waals surface area contributed by atoms with Crippen LogP contribution in [0, 0.1) is 13.8 Å². The zero-order valence-electron chi connectivity index (χ0n) is 11.6. The van der Waals surface area contributed by atoms with Gasteiger partial charge < -0.3 is 4.74 Å². The number of carbonyl (C=O) groups is 1. The Balaban J connectivity index is 1.93. The number of nitrogens with zero attached hydrogens (tertiary/aromatic N) is 5. The minimum Gasteiger partial charge on any atom is -0.488 e. The molecule has 0 saturated heterocycles. The molecule has 9 heteroatoms. The van der Waals surface area contributed by atoms with Gasteiger partial charge in [0.25, 0.3) is 5.91 Å². The van der Waals surface area contributed by atoms with Crippen molar-refractivity contribution in [3.05, 3.63) is 23.3 Å². The second kappa shape index (κ2) is 5.70. The van der Waals surface area contributed by atoms with E-state index in [1.165, 1.54) is 10.9 Å². The lowest BCUT2D eigenvalue weighted by Gasteiger charge is -2.06. The zero-order chi connectivity index (χ0) is 14.7. The predicted octanol–water partition coefficient (Wildman–Crippen LogP) is -0.689. The molecule has 0 unspecified atom stereocenters. The summed E-state index contributed by atoms with van der Waals surface area (Å²) in [6.45, 7) is 4.70. The largest absolute Gasteiger partial charge is 0.488 e.